The van der Waals surface area contributed by atoms with E-state index in [-0.39, 0.29) is 23.9 Å². The zero-order chi connectivity index (χ0) is 18.4. The largest absolute Gasteiger partial charge is 0.380 e. The SMILES string of the molecule is CO[C@H](C)[C@H](N)C(=O)N1CCC[C@H]1CN(C)CCc1ccc(F)cc1. The molecular weight excluding hydrogens is 321 g/mol. The third-order valence-corrected chi connectivity index (χ3v) is 5.04. The molecule has 1 heterocycles. The van der Waals surface area contributed by atoms with Crippen LogP contribution in [0.2, 0.25) is 0 Å². The molecule has 5 nitrogen and oxygen atoms in total. The smallest absolute Gasteiger partial charge is 0.242 e. The summed E-state index contributed by atoms with van der Waals surface area (Å²) in [6, 6.07) is 6.20. The molecule has 1 amide bonds. The van der Waals surface area contributed by atoms with Crippen molar-refractivity contribution in [3.05, 3.63) is 35.6 Å². The summed E-state index contributed by atoms with van der Waals surface area (Å²) in [7, 11) is 3.63. The van der Waals surface area contributed by atoms with E-state index in [9.17, 15) is 9.18 Å². The molecule has 1 aromatic carbocycles. The van der Waals surface area contributed by atoms with Gasteiger partial charge in [-0.15, -0.1) is 0 Å². The molecule has 0 saturated carbocycles. The third kappa shape index (κ3) is 5.49. The molecule has 140 valence electrons. The summed E-state index contributed by atoms with van der Waals surface area (Å²) in [6.07, 6.45) is 2.58. The second-order valence-corrected chi connectivity index (χ2v) is 6.93. The van der Waals surface area contributed by atoms with Gasteiger partial charge in [-0.1, -0.05) is 12.1 Å². The van der Waals surface area contributed by atoms with Crippen LogP contribution in [0.25, 0.3) is 0 Å². The molecule has 0 unspecified atom stereocenters. The third-order valence-electron chi connectivity index (χ3n) is 5.04. The molecule has 1 saturated heterocycles. The number of carbonyl (C=O) groups excluding carboxylic acids is 1. The predicted octanol–water partition coefficient (Wildman–Crippen LogP) is 1.65. The molecule has 0 aromatic heterocycles. The second kappa shape index (κ2) is 9.27. The van der Waals surface area contributed by atoms with Crippen LogP contribution in [0, 0.1) is 5.82 Å². The van der Waals surface area contributed by atoms with Crippen molar-refractivity contribution in [3.8, 4) is 0 Å². The highest BCUT2D eigenvalue weighted by Gasteiger charge is 2.34. The van der Waals surface area contributed by atoms with E-state index >= 15 is 0 Å². The predicted molar refractivity (Wildman–Crippen MR) is 96.8 cm³/mol. The minimum Gasteiger partial charge on any atom is -0.380 e. The van der Waals surface area contributed by atoms with Gasteiger partial charge >= 0.3 is 0 Å². The zero-order valence-electron chi connectivity index (χ0n) is 15.5. The van der Waals surface area contributed by atoms with Crippen LogP contribution in [-0.4, -0.2) is 67.7 Å². The molecule has 25 heavy (non-hydrogen) atoms. The van der Waals surface area contributed by atoms with Gasteiger partial charge in [-0.2, -0.15) is 0 Å². The lowest BCUT2D eigenvalue weighted by molar-refractivity contribution is -0.136. The highest BCUT2D eigenvalue weighted by atomic mass is 19.1. The zero-order valence-corrected chi connectivity index (χ0v) is 15.5. The molecule has 2 N–H and O–H groups in total. The molecular formula is C19H30FN3O2. The maximum Gasteiger partial charge on any atom is 0.242 e. The summed E-state index contributed by atoms with van der Waals surface area (Å²) in [6.45, 7) is 4.27. The molecule has 0 bridgehead atoms. The van der Waals surface area contributed by atoms with E-state index in [0.717, 1.165) is 44.5 Å². The highest BCUT2D eigenvalue weighted by molar-refractivity contribution is 5.82. The van der Waals surface area contributed by atoms with Crippen molar-refractivity contribution < 1.29 is 13.9 Å². The summed E-state index contributed by atoms with van der Waals surface area (Å²) < 4.78 is 18.2. The molecule has 6 heteroatoms. The van der Waals surface area contributed by atoms with Gasteiger partial charge in [-0.3, -0.25) is 4.79 Å². The number of nitrogens with zero attached hydrogens (tertiary/aromatic N) is 2. The number of rotatable bonds is 8. The molecule has 1 aliphatic heterocycles. The van der Waals surface area contributed by atoms with Gasteiger partial charge in [0.15, 0.2) is 0 Å². The van der Waals surface area contributed by atoms with Gasteiger partial charge < -0.3 is 20.3 Å². The van der Waals surface area contributed by atoms with Crippen LogP contribution >= 0.6 is 0 Å². The number of hydrogen-bond acceptors (Lipinski definition) is 4. The van der Waals surface area contributed by atoms with Crippen molar-refractivity contribution in [2.75, 3.05) is 33.8 Å². The highest BCUT2D eigenvalue weighted by Crippen LogP contribution is 2.20. The van der Waals surface area contributed by atoms with Gasteiger partial charge in [0.2, 0.25) is 5.91 Å². The first kappa shape index (κ1) is 19.8. The van der Waals surface area contributed by atoms with Gasteiger partial charge in [0.05, 0.1) is 6.10 Å². The van der Waals surface area contributed by atoms with Gasteiger partial charge in [-0.25, -0.2) is 4.39 Å². The van der Waals surface area contributed by atoms with E-state index < -0.39 is 6.04 Å². The minimum atomic E-state index is -0.616. The monoisotopic (exact) mass is 351 g/mol. The molecule has 3 atom stereocenters. The number of benzene rings is 1. The van der Waals surface area contributed by atoms with E-state index in [2.05, 4.69) is 11.9 Å². The molecule has 2 rings (SSSR count). The summed E-state index contributed by atoms with van der Waals surface area (Å²) >= 11 is 0. The Balaban J connectivity index is 1.85. The Morgan fingerprint density at radius 2 is 2.12 bits per heavy atom. The first-order valence-corrected chi connectivity index (χ1v) is 8.94. The van der Waals surface area contributed by atoms with E-state index in [1.807, 2.05) is 24.0 Å². The van der Waals surface area contributed by atoms with Crippen LogP contribution in [0.3, 0.4) is 0 Å². The van der Waals surface area contributed by atoms with Crippen molar-refractivity contribution in [2.24, 2.45) is 5.73 Å². The number of likely N-dealkylation sites (N-methyl/N-ethyl adjacent to an activating group) is 1. The van der Waals surface area contributed by atoms with Crippen molar-refractivity contribution in [1.29, 1.82) is 0 Å². The Morgan fingerprint density at radius 1 is 1.44 bits per heavy atom. The number of hydrogen-bond donors (Lipinski definition) is 1. The lowest BCUT2D eigenvalue weighted by Gasteiger charge is -2.31. The number of amides is 1. The van der Waals surface area contributed by atoms with Crippen LogP contribution in [0.4, 0.5) is 4.39 Å². The summed E-state index contributed by atoms with van der Waals surface area (Å²) in [5, 5.41) is 0. The van der Waals surface area contributed by atoms with Crippen LogP contribution in [-0.2, 0) is 16.0 Å². The van der Waals surface area contributed by atoms with Crippen LogP contribution in [0.15, 0.2) is 24.3 Å². The Hall–Kier alpha value is -1.50. The molecule has 0 spiro atoms. The van der Waals surface area contributed by atoms with Gasteiger partial charge in [0.1, 0.15) is 11.9 Å². The first-order valence-electron chi connectivity index (χ1n) is 8.94. The minimum absolute atomic E-state index is 0.0243. The van der Waals surface area contributed by atoms with Crippen molar-refractivity contribution in [2.45, 2.75) is 44.4 Å². The summed E-state index contributed by atoms with van der Waals surface area (Å²) in [5.74, 6) is -0.234. The van der Waals surface area contributed by atoms with E-state index in [1.165, 1.54) is 12.1 Å². The first-order chi connectivity index (χ1) is 11.9. The van der Waals surface area contributed by atoms with E-state index in [4.69, 9.17) is 10.5 Å². The molecule has 1 aromatic rings. The van der Waals surface area contributed by atoms with E-state index in [0.29, 0.717) is 0 Å². The van der Waals surface area contributed by atoms with Crippen molar-refractivity contribution in [1.82, 2.24) is 9.80 Å². The molecule has 1 aliphatic rings. The van der Waals surface area contributed by atoms with Crippen molar-refractivity contribution >= 4 is 5.91 Å². The lowest BCUT2D eigenvalue weighted by Crippen LogP contribution is -2.53. The fourth-order valence-electron chi connectivity index (χ4n) is 3.28. The maximum atomic E-state index is 13.0. The molecule has 1 fully saturated rings. The Morgan fingerprint density at radius 3 is 2.76 bits per heavy atom. The van der Waals surface area contributed by atoms with Gasteiger partial charge in [0, 0.05) is 32.8 Å². The van der Waals surface area contributed by atoms with E-state index in [1.54, 1.807) is 7.11 Å². The Kier molecular flexibility index (Phi) is 7.35. The van der Waals surface area contributed by atoms with Crippen molar-refractivity contribution in [3.63, 3.8) is 0 Å². The topological polar surface area (TPSA) is 58.8 Å². The maximum absolute atomic E-state index is 13.0. The van der Waals surface area contributed by atoms with Crippen LogP contribution in [0.5, 0.6) is 0 Å². The number of halogens is 1. The lowest BCUT2D eigenvalue weighted by atomic mass is 10.1. The second-order valence-electron chi connectivity index (χ2n) is 6.93. The number of methoxy groups -OCH3 is 1. The fourth-order valence-corrected chi connectivity index (χ4v) is 3.28. The van der Waals surface area contributed by atoms with Gasteiger partial charge in [-0.05, 0) is 50.9 Å². The Labute approximate surface area is 149 Å². The summed E-state index contributed by atoms with van der Waals surface area (Å²) in [4.78, 5) is 16.8. The quantitative estimate of drug-likeness (QED) is 0.774. The average Bonchev–Trinajstić information content (AvgIpc) is 3.07. The molecule has 0 radical (unpaired) electrons. The van der Waals surface area contributed by atoms with Gasteiger partial charge in [0.25, 0.3) is 0 Å². The molecule has 0 aliphatic carbocycles. The summed E-state index contributed by atoms with van der Waals surface area (Å²) in [5.41, 5.74) is 7.14. The number of carbonyl (C=O) groups is 1. The average molecular weight is 351 g/mol. The number of ether oxygens (including phenoxy) is 1. The number of nitrogens with two attached hydrogens (primary N) is 1. The standard InChI is InChI=1S/C19H30FN3O2/c1-14(25-3)18(21)19(24)23-11-4-5-17(23)13-22(2)12-10-15-6-8-16(20)9-7-15/h6-9,14,17-18H,4-5,10-13,21H2,1-3H3/t14-,17+,18+/m1/s1. The Bertz CT molecular complexity index is 552. The van der Waals surface area contributed by atoms with Crippen LogP contribution in [0.1, 0.15) is 25.3 Å². The number of likely N-dealkylation sites (tertiary alicyclic amines) is 1. The normalized spacial score (nSPS) is 20.1. The fraction of sp³-hybridized carbons (Fsp3) is 0.632. The van der Waals surface area contributed by atoms with Crippen LogP contribution < -0.4 is 5.73 Å².